The molecule has 39 heavy (non-hydrogen) atoms. The molecule has 2 heterocycles. The number of hydrogen-bond acceptors (Lipinski definition) is 4. The van der Waals surface area contributed by atoms with Crippen molar-refractivity contribution in [2.75, 3.05) is 26.1 Å². The molecule has 2 atom stereocenters. The van der Waals surface area contributed by atoms with E-state index in [2.05, 4.69) is 11.8 Å². The highest BCUT2D eigenvalue weighted by molar-refractivity contribution is 6.18. The Morgan fingerprint density at radius 2 is 1.92 bits per heavy atom. The highest BCUT2D eigenvalue weighted by Crippen LogP contribution is 2.32. The first-order valence-electron chi connectivity index (χ1n) is 13.4. The van der Waals surface area contributed by atoms with Crippen molar-refractivity contribution in [3.05, 3.63) is 82.7 Å². The third-order valence-electron chi connectivity index (χ3n) is 7.70. The van der Waals surface area contributed by atoms with E-state index in [1.54, 1.807) is 29.9 Å². The SMILES string of the molecule is CCC(CCl)N1CCCC(Cn2c(-c3ccccc3OC)nc3ccc(-c4ccc(F)cc4F)cc3c2=O)C1. The topological polar surface area (TPSA) is 47.4 Å². The van der Waals surface area contributed by atoms with Crippen molar-refractivity contribution in [3.63, 3.8) is 0 Å². The van der Waals surface area contributed by atoms with E-state index in [0.29, 0.717) is 46.5 Å². The van der Waals surface area contributed by atoms with E-state index in [4.69, 9.17) is 21.3 Å². The number of nitrogens with zero attached hydrogens (tertiary/aromatic N) is 3. The summed E-state index contributed by atoms with van der Waals surface area (Å²) in [6, 6.07) is 16.4. The van der Waals surface area contributed by atoms with Gasteiger partial charge in [0.05, 0.1) is 23.6 Å². The number of aromatic nitrogens is 2. The molecule has 1 fully saturated rings. The summed E-state index contributed by atoms with van der Waals surface area (Å²) in [7, 11) is 1.60. The van der Waals surface area contributed by atoms with Crippen LogP contribution in [0.5, 0.6) is 5.75 Å². The number of hydrogen-bond donors (Lipinski definition) is 0. The highest BCUT2D eigenvalue weighted by atomic mass is 35.5. The Kier molecular flexibility index (Phi) is 8.29. The number of para-hydroxylation sites is 1. The molecule has 1 aliphatic rings. The standard InChI is InChI=1S/C31H32ClF2N3O2/c1-3-23(17-32)36-14-6-7-20(18-36)19-37-30(25-8-4-5-9-29(25)39-2)35-28-13-10-21(15-26(28)31(37)38)24-12-11-22(33)16-27(24)34/h4-5,8-13,15-16,20,23H,3,6-7,14,17-19H2,1-2H3. The molecular weight excluding hydrogens is 520 g/mol. The Labute approximate surface area is 232 Å². The summed E-state index contributed by atoms with van der Waals surface area (Å²) >= 11 is 6.25. The Morgan fingerprint density at radius 3 is 2.67 bits per heavy atom. The number of likely N-dealkylation sites (tertiary alicyclic amines) is 1. The number of ether oxygens (including phenoxy) is 1. The lowest BCUT2D eigenvalue weighted by Gasteiger charge is -2.37. The molecule has 0 N–H and O–H groups in total. The molecule has 5 nitrogen and oxygen atoms in total. The van der Waals surface area contributed by atoms with Gasteiger partial charge in [-0.25, -0.2) is 13.8 Å². The fourth-order valence-electron chi connectivity index (χ4n) is 5.62. The van der Waals surface area contributed by atoms with Gasteiger partial charge in [-0.05, 0) is 73.7 Å². The summed E-state index contributed by atoms with van der Waals surface area (Å²) < 4.78 is 35.5. The molecule has 0 bridgehead atoms. The molecule has 0 radical (unpaired) electrons. The minimum absolute atomic E-state index is 0.202. The van der Waals surface area contributed by atoms with Crippen LogP contribution >= 0.6 is 11.6 Å². The van der Waals surface area contributed by atoms with Gasteiger partial charge in [0.1, 0.15) is 23.2 Å². The molecule has 2 unspecified atom stereocenters. The van der Waals surface area contributed by atoms with Crippen LogP contribution in [0, 0.1) is 17.6 Å². The molecule has 1 aromatic heterocycles. The van der Waals surface area contributed by atoms with Gasteiger partial charge in [0.15, 0.2) is 0 Å². The van der Waals surface area contributed by atoms with Gasteiger partial charge in [-0.2, -0.15) is 0 Å². The fraction of sp³-hybridized carbons (Fsp3) is 0.355. The lowest BCUT2D eigenvalue weighted by molar-refractivity contribution is 0.121. The van der Waals surface area contributed by atoms with Gasteiger partial charge < -0.3 is 4.74 Å². The molecule has 1 aliphatic heterocycles. The van der Waals surface area contributed by atoms with E-state index in [1.165, 1.54) is 12.1 Å². The normalized spacial score (nSPS) is 16.9. The summed E-state index contributed by atoms with van der Waals surface area (Å²) in [5, 5.41) is 0.384. The van der Waals surface area contributed by atoms with Crippen LogP contribution in [0.15, 0.2) is 65.5 Å². The van der Waals surface area contributed by atoms with Crippen LogP contribution in [0.4, 0.5) is 8.78 Å². The lowest BCUT2D eigenvalue weighted by atomic mass is 9.95. The number of halogens is 3. The predicted molar refractivity (Wildman–Crippen MR) is 152 cm³/mol. The second-order valence-electron chi connectivity index (χ2n) is 10.1. The maximum atomic E-state index is 14.6. The highest BCUT2D eigenvalue weighted by Gasteiger charge is 2.27. The Hall–Kier alpha value is -3.29. The number of rotatable bonds is 8. The fourth-order valence-corrected chi connectivity index (χ4v) is 6.03. The maximum absolute atomic E-state index is 14.6. The Morgan fingerprint density at radius 1 is 1.10 bits per heavy atom. The van der Waals surface area contributed by atoms with Gasteiger partial charge in [0.25, 0.3) is 5.56 Å². The number of alkyl halides is 1. The van der Waals surface area contributed by atoms with Crippen LogP contribution in [-0.4, -0.2) is 46.6 Å². The van der Waals surface area contributed by atoms with Crippen molar-refractivity contribution in [2.45, 2.75) is 38.8 Å². The minimum atomic E-state index is -0.680. The molecule has 3 aromatic carbocycles. The lowest BCUT2D eigenvalue weighted by Crippen LogP contribution is -2.45. The molecule has 8 heteroatoms. The van der Waals surface area contributed by atoms with Crippen LogP contribution in [0.25, 0.3) is 33.4 Å². The van der Waals surface area contributed by atoms with Crippen LogP contribution in [0.2, 0.25) is 0 Å². The van der Waals surface area contributed by atoms with E-state index >= 15 is 0 Å². The molecular formula is C31H32ClF2N3O2. The summed E-state index contributed by atoms with van der Waals surface area (Å²) in [4.78, 5) is 21.5. The van der Waals surface area contributed by atoms with Gasteiger partial charge in [0, 0.05) is 36.6 Å². The number of fused-ring (bicyclic) bond motifs is 1. The van der Waals surface area contributed by atoms with Crippen molar-refractivity contribution in [1.82, 2.24) is 14.5 Å². The van der Waals surface area contributed by atoms with Crippen LogP contribution < -0.4 is 10.3 Å². The van der Waals surface area contributed by atoms with Crippen molar-refractivity contribution >= 4 is 22.5 Å². The molecule has 0 spiro atoms. The molecule has 1 saturated heterocycles. The van der Waals surface area contributed by atoms with Gasteiger partial charge in [-0.1, -0.05) is 25.1 Å². The molecule has 204 valence electrons. The molecule has 0 saturated carbocycles. The van der Waals surface area contributed by atoms with Crippen molar-refractivity contribution in [3.8, 4) is 28.3 Å². The third-order valence-corrected chi connectivity index (χ3v) is 8.06. The van der Waals surface area contributed by atoms with Crippen molar-refractivity contribution < 1.29 is 13.5 Å². The molecule has 0 amide bonds. The van der Waals surface area contributed by atoms with Gasteiger partial charge in [-0.15, -0.1) is 11.6 Å². The van der Waals surface area contributed by atoms with Crippen molar-refractivity contribution in [1.29, 1.82) is 0 Å². The molecule has 5 rings (SSSR count). The van der Waals surface area contributed by atoms with E-state index < -0.39 is 11.6 Å². The van der Waals surface area contributed by atoms with Gasteiger partial charge >= 0.3 is 0 Å². The maximum Gasteiger partial charge on any atom is 0.261 e. The average molecular weight is 552 g/mol. The minimum Gasteiger partial charge on any atom is -0.496 e. The zero-order valence-electron chi connectivity index (χ0n) is 22.2. The van der Waals surface area contributed by atoms with Gasteiger partial charge in [-0.3, -0.25) is 14.3 Å². The predicted octanol–water partition coefficient (Wildman–Crippen LogP) is 6.75. The summed E-state index contributed by atoms with van der Waals surface area (Å²) in [5.74, 6) is 0.645. The number of methoxy groups -OCH3 is 1. The second-order valence-corrected chi connectivity index (χ2v) is 10.4. The zero-order valence-corrected chi connectivity index (χ0v) is 22.9. The molecule has 0 aliphatic carbocycles. The summed E-state index contributed by atoms with van der Waals surface area (Å²) in [5.41, 5.74) is 1.75. The van der Waals surface area contributed by atoms with E-state index in [-0.39, 0.29) is 17.0 Å². The first-order chi connectivity index (χ1) is 18.9. The quantitative estimate of drug-likeness (QED) is 0.227. The van der Waals surface area contributed by atoms with Crippen LogP contribution in [0.1, 0.15) is 26.2 Å². The van der Waals surface area contributed by atoms with E-state index in [9.17, 15) is 13.6 Å². The number of benzene rings is 3. The first-order valence-corrected chi connectivity index (χ1v) is 13.9. The summed E-state index contributed by atoms with van der Waals surface area (Å²) in [6.45, 7) is 4.48. The molecule has 4 aromatic rings. The van der Waals surface area contributed by atoms with Crippen molar-refractivity contribution in [2.24, 2.45) is 5.92 Å². The monoisotopic (exact) mass is 551 g/mol. The zero-order chi connectivity index (χ0) is 27.5. The Bertz CT molecular complexity index is 1540. The van der Waals surface area contributed by atoms with Gasteiger partial charge in [0.2, 0.25) is 0 Å². The van der Waals surface area contributed by atoms with Crippen LogP contribution in [-0.2, 0) is 6.54 Å². The third kappa shape index (κ3) is 5.56. The van der Waals surface area contributed by atoms with E-state index in [1.807, 2.05) is 24.3 Å². The van der Waals surface area contributed by atoms with E-state index in [0.717, 1.165) is 44.0 Å². The second kappa shape index (κ2) is 11.8. The first kappa shape index (κ1) is 27.3. The number of piperidine rings is 1. The average Bonchev–Trinajstić information content (AvgIpc) is 2.95. The Balaban J connectivity index is 1.64. The summed E-state index contributed by atoms with van der Waals surface area (Å²) in [6.07, 6.45) is 3.00. The largest absolute Gasteiger partial charge is 0.496 e. The van der Waals surface area contributed by atoms with Crippen LogP contribution in [0.3, 0.4) is 0 Å². The smallest absolute Gasteiger partial charge is 0.261 e.